The Morgan fingerprint density at radius 1 is 1.29 bits per heavy atom. The summed E-state index contributed by atoms with van der Waals surface area (Å²) in [7, 11) is 3.44. The van der Waals surface area contributed by atoms with Gasteiger partial charge in [-0.15, -0.1) is 0 Å². The number of hydrogen-bond donors (Lipinski definition) is 2. The molecule has 3 saturated heterocycles. The minimum Gasteiger partial charge on any atom is -0.480 e. The molecule has 11 heteroatoms. The van der Waals surface area contributed by atoms with E-state index >= 15 is 0 Å². The van der Waals surface area contributed by atoms with Gasteiger partial charge in [-0.25, -0.2) is 4.79 Å². The molecule has 8 nitrogen and oxygen atoms in total. The second-order valence-electron chi connectivity index (χ2n) is 10.0. The zero-order chi connectivity index (χ0) is 25.8. The highest BCUT2D eigenvalue weighted by molar-refractivity contribution is 8.00. The zero-order valence-electron chi connectivity index (χ0n) is 20.1. The van der Waals surface area contributed by atoms with Gasteiger partial charge in [0.25, 0.3) is 0 Å². The molecule has 4 rings (SSSR count). The summed E-state index contributed by atoms with van der Waals surface area (Å²) >= 11 is 14.1. The molecular formula is C24H31Cl2N3O5S. The van der Waals surface area contributed by atoms with Crippen molar-refractivity contribution in [2.75, 3.05) is 20.6 Å². The number of benzene rings is 1. The molecule has 0 radical (unpaired) electrons. The van der Waals surface area contributed by atoms with E-state index in [2.05, 4.69) is 4.90 Å². The smallest absolute Gasteiger partial charge is 0.327 e. The molecule has 3 fully saturated rings. The molecule has 1 aromatic rings. The van der Waals surface area contributed by atoms with E-state index in [1.54, 1.807) is 55.9 Å². The number of carboxylic acids is 1. The zero-order valence-corrected chi connectivity index (χ0v) is 22.4. The number of thioether (sulfide) groups is 1. The molecule has 192 valence electrons. The normalized spacial score (nSPS) is 33.4. The van der Waals surface area contributed by atoms with Crippen LogP contribution in [0.15, 0.2) is 18.2 Å². The third-order valence-corrected chi connectivity index (χ3v) is 9.82. The Bertz CT molecular complexity index is 1020. The second-order valence-corrected chi connectivity index (χ2v) is 12.3. The van der Waals surface area contributed by atoms with Crippen molar-refractivity contribution in [3.05, 3.63) is 33.8 Å². The summed E-state index contributed by atoms with van der Waals surface area (Å²) in [4.78, 5) is 43.0. The van der Waals surface area contributed by atoms with E-state index in [0.717, 1.165) is 5.56 Å². The number of fused-ring (bicyclic) bond motifs is 1. The number of carbonyl (C=O) groups is 3. The molecule has 0 aromatic heterocycles. The summed E-state index contributed by atoms with van der Waals surface area (Å²) in [6, 6.07) is 3.65. The number of aliphatic hydroxyl groups is 1. The predicted octanol–water partition coefficient (Wildman–Crippen LogP) is 2.44. The molecule has 0 saturated carbocycles. The van der Waals surface area contributed by atoms with Gasteiger partial charge in [0.15, 0.2) is 0 Å². The molecule has 1 aromatic carbocycles. The van der Waals surface area contributed by atoms with E-state index in [1.807, 2.05) is 6.92 Å². The lowest BCUT2D eigenvalue weighted by Crippen LogP contribution is -2.65. The average Bonchev–Trinajstić information content (AvgIpc) is 3.27. The number of nitrogens with zero attached hydrogens (tertiary/aromatic N) is 3. The summed E-state index contributed by atoms with van der Waals surface area (Å²) in [5.41, 5.74) is 0.827. The van der Waals surface area contributed by atoms with E-state index in [1.165, 1.54) is 4.90 Å². The van der Waals surface area contributed by atoms with Gasteiger partial charge in [-0.3, -0.25) is 14.5 Å². The maximum Gasteiger partial charge on any atom is 0.327 e. The third kappa shape index (κ3) is 4.78. The molecule has 8 atom stereocenters. The van der Waals surface area contributed by atoms with E-state index < -0.39 is 24.0 Å². The number of aliphatic hydroxyl groups excluding tert-OH is 1. The molecule has 3 heterocycles. The van der Waals surface area contributed by atoms with Crippen molar-refractivity contribution in [2.24, 2.45) is 11.8 Å². The first-order valence-electron chi connectivity index (χ1n) is 11.7. The van der Waals surface area contributed by atoms with Gasteiger partial charge >= 0.3 is 5.97 Å². The number of β-lactam (4-membered cyclic amide) rings is 1. The highest BCUT2D eigenvalue weighted by atomic mass is 35.5. The molecular weight excluding hydrogens is 513 g/mol. The van der Waals surface area contributed by atoms with Crippen LogP contribution >= 0.6 is 35.0 Å². The quantitative estimate of drug-likeness (QED) is 0.509. The lowest BCUT2D eigenvalue weighted by Gasteiger charge is -2.47. The maximum atomic E-state index is 13.0. The van der Waals surface area contributed by atoms with Gasteiger partial charge in [0.1, 0.15) is 6.04 Å². The number of aliphatic carboxylic acids is 1. The summed E-state index contributed by atoms with van der Waals surface area (Å²) in [6.07, 6.45) is -0.260. The number of carboxylic acid groups (broad SMARTS) is 1. The molecule has 8 unspecified atom stereocenters. The molecule has 0 aliphatic carbocycles. The highest BCUT2D eigenvalue weighted by Gasteiger charge is 2.65. The van der Waals surface area contributed by atoms with Crippen LogP contribution < -0.4 is 0 Å². The number of carbonyl (C=O) groups excluding carboxylic acids is 2. The lowest BCUT2D eigenvalue weighted by molar-refractivity contribution is -0.170. The van der Waals surface area contributed by atoms with Crippen LogP contribution in [0, 0.1) is 11.8 Å². The van der Waals surface area contributed by atoms with Gasteiger partial charge in [-0.1, -0.05) is 30.1 Å². The van der Waals surface area contributed by atoms with Crippen molar-refractivity contribution < 1.29 is 24.6 Å². The topological polar surface area (TPSA) is 101 Å². The molecule has 0 bridgehead atoms. The highest BCUT2D eigenvalue weighted by Crippen LogP contribution is 2.50. The number of rotatable bonds is 7. The second kappa shape index (κ2) is 10.1. The molecule has 2 amide bonds. The average molecular weight is 545 g/mol. The van der Waals surface area contributed by atoms with Gasteiger partial charge in [0.2, 0.25) is 11.8 Å². The van der Waals surface area contributed by atoms with E-state index in [9.17, 15) is 24.6 Å². The van der Waals surface area contributed by atoms with Crippen LogP contribution in [-0.4, -0.2) is 98.1 Å². The van der Waals surface area contributed by atoms with Crippen LogP contribution in [0.1, 0.15) is 25.8 Å². The minimum atomic E-state index is -1.03. The van der Waals surface area contributed by atoms with Crippen molar-refractivity contribution in [3.63, 3.8) is 0 Å². The Morgan fingerprint density at radius 3 is 2.57 bits per heavy atom. The Morgan fingerprint density at radius 2 is 1.97 bits per heavy atom. The van der Waals surface area contributed by atoms with Crippen LogP contribution in [0.5, 0.6) is 0 Å². The lowest BCUT2D eigenvalue weighted by atomic mass is 9.79. The van der Waals surface area contributed by atoms with Gasteiger partial charge in [0, 0.05) is 47.7 Å². The molecule has 2 N–H and O–H groups in total. The Labute approximate surface area is 219 Å². The van der Waals surface area contributed by atoms with Gasteiger partial charge < -0.3 is 20.0 Å². The fourth-order valence-corrected chi connectivity index (χ4v) is 8.04. The number of hydrogen-bond acceptors (Lipinski definition) is 6. The Balaban J connectivity index is 1.55. The van der Waals surface area contributed by atoms with E-state index in [0.29, 0.717) is 29.6 Å². The van der Waals surface area contributed by atoms with Gasteiger partial charge in [-0.2, -0.15) is 11.8 Å². The number of likely N-dealkylation sites (tertiary alicyclic amines) is 1. The van der Waals surface area contributed by atoms with Gasteiger partial charge in [-0.05, 0) is 43.0 Å². The first-order chi connectivity index (χ1) is 16.4. The van der Waals surface area contributed by atoms with Gasteiger partial charge in [0.05, 0.1) is 24.1 Å². The van der Waals surface area contributed by atoms with Crippen molar-refractivity contribution in [2.45, 2.75) is 61.5 Å². The van der Waals surface area contributed by atoms with Crippen molar-refractivity contribution in [1.29, 1.82) is 0 Å². The van der Waals surface area contributed by atoms with Crippen molar-refractivity contribution in [1.82, 2.24) is 14.7 Å². The predicted molar refractivity (Wildman–Crippen MR) is 136 cm³/mol. The number of amides is 2. The molecule has 3 aliphatic rings. The first kappa shape index (κ1) is 26.5. The van der Waals surface area contributed by atoms with E-state index in [-0.39, 0.29) is 40.3 Å². The Kier molecular flexibility index (Phi) is 7.65. The first-order valence-corrected chi connectivity index (χ1v) is 13.4. The molecule has 35 heavy (non-hydrogen) atoms. The standard InChI is InChI=1S/C24H31Cl2N3O5S/c1-11-19-18(12(2)30)23(32)29(19)20(24(33)34)21(11)35-15-8-17(22(31)27(3)4)28(10-15)9-13-7-14(25)5-6-16(13)26/h5-7,11-12,15,17-21,30H,8-10H2,1-4H3,(H,33,34). The van der Waals surface area contributed by atoms with Crippen LogP contribution in [0.2, 0.25) is 10.0 Å². The summed E-state index contributed by atoms with van der Waals surface area (Å²) in [6.45, 7) is 4.56. The SMILES string of the molecule is CC(O)C1C(=O)N2C(C(=O)O)C(SC3CC(C(=O)N(C)C)N(Cc4cc(Cl)ccc4Cl)C3)C(C)C12. The van der Waals surface area contributed by atoms with Crippen molar-refractivity contribution >= 4 is 52.7 Å². The fraction of sp³-hybridized carbons (Fsp3) is 0.625. The summed E-state index contributed by atoms with van der Waals surface area (Å²) < 4.78 is 0. The van der Waals surface area contributed by atoms with Crippen LogP contribution in [0.4, 0.5) is 0 Å². The van der Waals surface area contributed by atoms with Crippen LogP contribution in [-0.2, 0) is 20.9 Å². The summed E-state index contributed by atoms with van der Waals surface area (Å²) in [5.74, 6) is -2.01. The number of likely N-dealkylation sites (N-methyl/N-ethyl adjacent to an activating group) is 1. The van der Waals surface area contributed by atoms with Crippen LogP contribution in [0.25, 0.3) is 0 Å². The minimum absolute atomic E-state index is 0.00467. The summed E-state index contributed by atoms with van der Waals surface area (Å²) in [5, 5.41) is 20.9. The number of halogens is 2. The monoisotopic (exact) mass is 543 g/mol. The maximum absolute atomic E-state index is 13.0. The molecule has 0 spiro atoms. The van der Waals surface area contributed by atoms with Crippen molar-refractivity contribution in [3.8, 4) is 0 Å². The van der Waals surface area contributed by atoms with Crippen LogP contribution in [0.3, 0.4) is 0 Å². The molecule has 3 aliphatic heterocycles. The largest absolute Gasteiger partial charge is 0.480 e. The van der Waals surface area contributed by atoms with E-state index in [4.69, 9.17) is 23.2 Å². The third-order valence-electron chi connectivity index (χ3n) is 7.49. The fourth-order valence-electron chi connectivity index (χ4n) is 5.84. The Hall–Kier alpha value is -1.52.